The molecule has 4 aromatic rings. The number of ether oxygens (including phenoxy) is 2. The molecule has 0 atom stereocenters. The molecule has 35 heavy (non-hydrogen) atoms. The molecule has 1 aromatic carbocycles. The zero-order valence-electron chi connectivity index (χ0n) is 20.8. The molecule has 5 rings (SSSR count). The number of nitrogens with one attached hydrogen (secondary N) is 1. The number of aryl methyl sites for hydroxylation is 2. The fourth-order valence-electron chi connectivity index (χ4n) is 4.30. The van der Waals surface area contributed by atoms with Crippen molar-refractivity contribution in [2.24, 2.45) is 12.5 Å². The third kappa shape index (κ3) is 4.20. The summed E-state index contributed by atoms with van der Waals surface area (Å²) in [5.74, 6) is 1.19. The molecule has 1 aliphatic rings. The van der Waals surface area contributed by atoms with Crippen molar-refractivity contribution >= 4 is 17.2 Å². The summed E-state index contributed by atoms with van der Waals surface area (Å²) in [5.41, 5.74) is 6.52. The highest BCUT2D eigenvalue weighted by Crippen LogP contribution is 2.46. The molecule has 4 heterocycles. The van der Waals surface area contributed by atoms with Crippen molar-refractivity contribution in [3.63, 3.8) is 0 Å². The lowest BCUT2D eigenvalue weighted by Crippen LogP contribution is -2.33. The molecule has 0 radical (unpaired) electrons. The van der Waals surface area contributed by atoms with E-state index in [-0.39, 0.29) is 17.9 Å². The first-order chi connectivity index (χ1) is 16.7. The summed E-state index contributed by atoms with van der Waals surface area (Å²) < 4.78 is 15.5. The summed E-state index contributed by atoms with van der Waals surface area (Å²) in [6, 6.07) is 5.96. The number of carbonyl (C=O) groups is 1. The van der Waals surface area contributed by atoms with E-state index in [4.69, 9.17) is 14.6 Å². The van der Waals surface area contributed by atoms with E-state index < -0.39 is 0 Å². The summed E-state index contributed by atoms with van der Waals surface area (Å²) in [6.07, 6.45) is 1.98. The summed E-state index contributed by atoms with van der Waals surface area (Å²) >= 11 is 1.58. The molecule has 0 bridgehead atoms. The molecule has 1 amide bonds. The minimum Gasteiger partial charge on any atom is -0.496 e. The third-order valence-corrected chi connectivity index (χ3v) is 6.63. The van der Waals surface area contributed by atoms with E-state index in [0.29, 0.717) is 23.7 Å². The van der Waals surface area contributed by atoms with Gasteiger partial charge in [0.15, 0.2) is 5.69 Å². The van der Waals surface area contributed by atoms with Crippen molar-refractivity contribution < 1.29 is 14.3 Å². The Morgan fingerprint density at radius 3 is 2.66 bits per heavy atom. The molecule has 0 saturated heterocycles. The van der Waals surface area contributed by atoms with Crippen molar-refractivity contribution in [2.45, 2.75) is 34.3 Å². The summed E-state index contributed by atoms with van der Waals surface area (Å²) in [4.78, 5) is 13.2. The van der Waals surface area contributed by atoms with Gasteiger partial charge in [0.25, 0.3) is 5.91 Å². The highest BCUT2D eigenvalue weighted by Gasteiger charge is 2.32. The molecule has 0 saturated carbocycles. The van der Waals surface area contributed by atoms with Gasteiger partial charge in [-0.25, -0.2) is 4.68 Å². The molecule has 1 aliphatic heterocycles. The van der Waals surface area contributed by atoms with Crippen molar-refractivity contribution in [1.29, 1.82) is 0 Å². The minimum absolute atomic E-state index is 0.0399. The number of fused-ring (bicyclic) bond motifs is 3. The number of thiophene rings is 1. The molecule has 0 aliphatic carbocycles. The van der Waals surface area contributed by atoms with E-state index in [1.165, 1.54) is 0 Å². The van der Waals surface area contributed by atoms with Gasteiger partial charge >= 0.3 is 0 Å². The normalized spacial score (nSPS) is 12.6. The summed E-state index contributed by atoms with van der Waals surface area (Å²) in [7, 11) is 3.55. The Bertz CT molecular complexity index is 1410. The van der Waals surface area contributed by atoms with E-state index >= 15 is 0 Å². The van der Waals surface area contributed by atoms with Gasteiger partial charge in [-0.15, -0.1) is 0 Å². The van der Waals surface area contributed by atoms with Crippen molar-refractivity contribution in [1.82, 2.24) is 24.9 Å². The van der Waals surface area contributed by atoms with Crippen molar-refractivity contribution in [3.05, 3.63) is 52.1 Å². The Morgan fingerprint density at radius 2 is 2.03 bits per heavy atom. The predicted octanol–water partition coefficient (Wildman–Crippen LogP) is 4.99. The minimum atomic E-state index is -0.200. The number of aromatic nitrogens is 4. The van der Waals surface area contributed by atoms with Crippen molar-refractivity contribution in [2.75, 3.05) is 13.7 Å². The van der Waals surface area contributed by atoms with Crippen LogP contribution < -0.4 is 14.8 Å². The van der Waals surface area contributed by atoms with Crippen molar-refractivity contribution in [3.8, 4) is 39.6 Å². The van der Waals surface area contributed by atoms with E-state index in [9.17, 15) is 4.79 Å². The number of rotatable bonds is 5. The fourth-order valence-corrected chi connectivity index (χ4v) is 4.91. The smallest absolute Gasteiger partial charge is 0.272 e. The molecule has 1 N–H and O–H groups in total. The maximum absolute atomic E-state index is 13.2. The van der Waals surface area contributed by atoms with Crippen LogP contribution in [0.5, 0.6) is 11.5 Å². The van der Waals surface area contributed by atoms with Crippen LogP contribution in [0.2, 0.25) is 0 Å². The lowest BCUT2D eigenvalue weighted by Gasteiger charge is -2.22. The largest absolute Gasteiger partial charge is 0.496 e. The number of carbonyl (C=O) groups excluding carboxylic acids is 1. The monoisotopic (exact) mass is 491 g/mol. The van der Waals surface area contributed by atoms with Crippen LogP contribution in [0.3, 0.4) is 0 Å². The average molecular weight is 492 g/mol. The molecular formula is C26H29N5O3S. The maximum atomic E-state index is 13.2. The van der Waals surface area contributed by atoms with E-state index in [0.717, 1.165) is 39.3 Å². The van der Waals surface area contributed by atoms with Gasteiger partial charge in [0.05, 0.1) is 24.2 Å². The van der Waals surface area contributed by atoms with Gasteiger partial charge in [-0.2, -0.15) is 21.5 Å². The van der Waals surface area contributed by atoms with Crippen LogP contribution in [-0.2, 0) is 13.7 Å². The summed E-state index contributed by atoms with van der Waals surface area (Å²) in [5, 5.41) is 16.4. The first-order valence-corrected chi connectivity index (χ1v) is 12.4. The Balaban J connectivity index is 1.70. The molecule has 9 heteroatoms. The second kappa shape index (κ2) is 8.57. The second-order valence-corrected chi connectivity index (χ2v) is 10.7. The lowest BCUT2D eigenvalue weighted by atomic mass is 9.95. The van der Waals surface area contributed by atoms with Crippen LogP contribution >= 0.6 is 11.3 Å². The number of benzene rings is 1. The van der Waals surface area contributed by atoms with Gasteiger partial charge in [0.1, 0.15) is 18.1 Å². The first-order valence-electron chi connectivity index (χ1n) is 11.4. The van der Waals surface area contributed by atoms with Gasteiger partial charge in [-0.05, 0) is 29.9 Å². The van der Waals surface area contributed by atoms with Gasteiger partial charge in [-0.1, -0.05) is 20.8 Å². The topological polar surface area (TPSA) is 83.2 Å². The number of hydrogen-bond acceptors (Lipinski definition) is 6. The Labute approximate surface area is 208 Å². The van der Waals surface area contributed by atoms with Gasteiger partial charge < -0.3 is 14.8 Å². The predicted molar refractivity (Wildman–Crippen MR) is 136 cm³/mol. The van der Waals surface area contributed by atoms with Gasteiger partial charge in [-0.3, -0.25) is 9.48 Å². The van der Waals surface area contributed by atoms with Crippen LogP contribution in [0, 0.1) is 12.3 Å². The van der Waals surface area contributed by atoms with Crippen LogP contribution in [0.15, 0.2) is 35.2 Å². The molecule has 0 fully saturated rings. The number of amides is 1. The van der Waals surface area contributed by atoms with Crippen LogP contribution in [0.4, 0.5) is 0 Å². The molecule has 0 spiro atoms. The third-order valence-electron chi connectivity index (χ3n) is 5.96. The summed E-state index contributed by atoms with van der Waals surface area (Å²) in [6.45, 7) is 9.03. The molecular weight excluding hydrogens is 462 g/mol. The van der Waals surface area contributed by atoms with E-state index in [2.05, 4.69) is 37.3 Å². The number of methoxy groups -OCH3 is 1. The Kier molecular flexibility index (Phi) is 5.67. The van der Waals surface area contributed by atoms with Crippen LogP contribution in [0.1, 0.15) is 42.5 Å². The molecule has 182 valence electrons. The molecule has 8 nitrogen and oxygen atoms in total. The second-order valence-electron chi connectivity index (χ2n) is 9.95. The van der Waals surface area contributed by atoms with Gasteiger partial charge in [0.2, 0.25) is 0 Å². The van der Waals surface area contributed by atoms with E-state index in [1.807, 2.05) is 47.7 Å². The number of hydrogen-bond donors (Lipinski definition) is 1. The Hall–Kier alpha value is -3.59. The maximum Gasteiger partial charge on any atom is 0.272 e. The average Bonchev–Trinajstić information content (AvgIpc) is 3.54. The highest BCUT2D eigenvalue weighted by molar-refractivity contribution is 7.08. The van der Waals surface area contributed by atoms with Crippen LogP contribution in [0.25, 0.3) is 28.1 Å². The van der Waals surface area contributed by atoms with Crippen LogP contribution in [-0.4, -0.2) is 39.1 Å². The Morgan fingerprint density at radius 1 is 1.23 bits per heavy atom. The van der Waals surface area contributed by atoms with E-state index in [1.54, 1.807) is 23.1 Å². The first kappa shape index (κ1) is 23.2. The zero-order valence-corrected chi connectivity index (χ0v) is 21.6. The highest BCUT2D eigenvalue weighted by atomic mass is 32.1. The quantitative estimate of drug-likeness (QED) is 0.425. The fraction of sp³-hybridized carbons (Fsp3) is 0.346. The molecule has 3 aromatic heterocycles. The number of nitrogens with zero attached hydrogens (tertiary/aromatic N) is 4. The lowest BCUT2D eigenvalue weighted by molar-refractivity contribution is 0.0931. The SMILES string of the molecule is COc1cc2c(cc1-c1cn(C)nc1C)-c1c(c(C(=O)NCC(C)(C)C)nn1-c1ccsc1)CO2. The zero-order chi connectivity index (χ0) is 24.9. The van der Waals surface area contributed by atoms with Gasteiger partial charge in [0, 0.05) is 53.5 Å². The molecule has 0 unspecified atom stereocenters. The standard InChI is InChI=1S/C26H29N5O3S/c1-15-19(11-30(5)28-15)17-9-18-22(10-21(17)33-6)34-12-20-23(25(32)27-14-26(2,3)4)29-31(24(18)20)16-7-8-35-13-16/h7-11,13H,12,14H2,1-6H3,(H,27,32).